The highest BCUT2D eigenvalue weighted by molar-refractivity contribution is 5.18. The first kappa shape index (κ1) is 47.4. The Morgan fingerprint density at radius 2 is 0.682 bits per heavy atom. The largest absolute Gasteiger partial charge is 0.387 e. The minimum atomic E-state index is -1.16. The van der Waals surface area contributed by atoms with Gasteiger partial charge in [-0.15, -0.1) is 0 Å². The molecule has 0 amide bonds. The minimum Gasteiger partial charge on any atom is -0.387 e. The zero-order chi connectivity index (χ0) is 45.2. The van der Waals surface area contributed by atoms with Crippen LogP contribution in [-0.4, -0.2) is 86.8 Å². The summed E-state index contributed by atoms with van der Waals surface area (Å²) in [5.41, 5.74) is 5.78. The first-order chi connectivity index (χ1) is 32.6. The van der Waals surface area contributed by atoms with Gasteiger partial charge in [0.15, 0.2) is 12.6 Å². The molecule has 66 heavy (non-hydrogen) atoms. The molecule has 346 valence electrons. The standard InChI is InChI=1S/C55H60O11/c1-57-54-53(63-37-45-30-18-7-19-31-45)51(61-35-43-26-14-5-15-27-43)49(47(65-54)39-59-33-41-22-10-3-11-23-41)66-55-52(62-36-44-28-16-6-17-29-44)50(60-34-42-24-12-4-13-25-42)48(56)46(64-55)38-58-32-40-20-8-2-9-21-40/h2-31,46-56H,32-39H2,1H3/t46-,47-,48+,49-,50+,51+,52-,53-,54+,55-/m1/s1. The maximum atomic E-state index is 12.2. The SMILES string of the molecule is CO[C@H]1O[C@H](COCc2ccccc2)[C@@H](O[C@H]2O[C@H](COCc3ccccc3)[C@H](O)[C@H](OCc3ccccc3)[C@H]2OCc2ccccc2)[C@H](OCc2ccccc2)[C@H]1OCc1ccccc1. The molecule has 1 N–H and O–H groups in total. The average molecular weight is 897 g/mol. The third kappa shape index (κ3) is 13.5. The number of aliphatic hydroxyl groups is 1. The topological polar surface area (TPSA) is 113 Å². The lowest BCUT2D eigenvalue weighted by molar-refractivity contribution is -0.373. The fourth-order valence-corrected chi connectivity index (χ4v) is 8.19. The van der Waals surface area contributed by atoms with Gasteiger partial charge in [0.05, 0.1) is 52.9 Å². The van der Waals surface area contributed by atoms with Gasteiger partial charge in [0.1, 0.15) is 48.8 Å². The van der Waals surface area contributed by atoms with Crippen LogP contribution >= 0.6 is 0 Å². The Balaban J connectivity index is 1.15. The Labute approximate surface area is 388 Å². The second kappa shape index (κ2) is 25.1. The number of aliphatic hydroxyl groups excluding tert-OH is 1. The molecular weight excluding hydrogens is 837 g/mol. The third-order valence-electron chi connectivity index (χ3n) is 11.7. The van der Waals surface area contributed by atoms with E-state index in [2.05, 4.69) is 0 Å². The molecule has 2 aliphatic rings. The summed E-state index contributed by atoms with van der Waals surface area (Å²) in [5, 5.41) is 12.2. The van der Waals surface area contributed by atoms with Crippen molar-refractivity contribution in [1.29, 1.82) is 0 Å². The fourth-order valence-electron chi connectivity index (χ4n) is 8.19. The Bertz CT molecular complexity index is 2220. The summed E-state index contributed by atoms with van der Waals surface area (Å²) in [6.07, 6.45) is -9.11. The van der Waals surface area contributed by atoms with E-state index in [1.54, 1.807) is 7.11 Å². The minimum absolute atomic E-state index is 0.0415. The van der Waals surface area contributed by atoms with E-state index in [1.165, 1.54) is 0 Å². The van der Waals surface area contributed by atoms with Crippen LogP contribution in [0.1, 0.15) is 33.4 Å². The van der Waals surface area contributed by atoms with Crippen LogP contribution in [0.2, 0.25) is 0 Å². The summed E-state index contributed by atoms with van der Waals surface area (Å²) < 4.78 is 66.8. The molecule has 2 heterocycles. The smallest absolute Gasteiger partial charge is 0.187 e. The van der Waals surface area contributed by atoms with E-state index in [4.69, 9.17) is 47.4 Å². The quantitative estimate of drug-likeness (QED) is 0.0668. The maximum Gasteiger partial charge on any atom is 0.187 e. The molecule has 0 spiro atoms. The van der Waals surface area contributed by atoms with Crippen molar-refractivity contribution in [3.05, 3.63) is 215 Å². The number of hydrogen-bond donors (Lipinski definition) is 1. The first-order valence-electron chi connectivity index (χ1n) is 22.6. The predicted octanol–water partition coefficient (Wildman–Crippen LogP) is 8.60. The van der Waals surface area contributed by atoms with Crippen molar-refractivity contribution in [3.63, 3.8) is 0 Å². The van der Waals surface area contributed by atoms with Gasteiger partial charge in [0, 0.05) is 7.11 Å². The fraction of sp³-hybridized carbons (Fsp3) is 0.345. The molecule has 2 fully saturated rings. The van der Waals surface area contributed by atoms with Crippen LogP contribution in [0.4, 0.5) is 0 Å². The van der Waals surface area contributed by atoms with Gasteiger partial charge < -0.3 is 52.5 Å². The normalized spacial score (nSPS) is 25.4. The van der Waals surface area contributed by atoms with E-state index >= 15 is 0 Å². The third-order valence-corrected chi connectivity index (χ3v) is 11.7. The molecule has 0 aromatic heterocycles. The van der Waals surface area contributed by atoms with Gasteiger partial charge in [-0.1, -0.05) is 182 Å². The molecule has 8 rings (SSSR count). The van der Waals surface area contributed by atoms with Crippen molar-refractivity contribution in [1.82, 2.24) is 0 Å². The van der Waals surface area contributed by atoms with Crippen LogP contribution in [0.5, 0.6) is 0 Å². The summed E-state index contributed by atoms with van der Waals surface area (Å²) in [5.74, 6) is 0. The van der Waals surface area contributed by atoms with E-state index in [0.717, 1.165) is 33.4 Å². The molecule has 2 saturated heterocycles. The summed E-state index contributed by atoms with van der Waals surface area (Å²) >= 11 is 0. The van der Waals surface area contributed by atoms with Crippen LogP contribution < -0.4 is 0 Å². The van der Waals surface area contributed by atoms with E-state index in [-0.39, 0.29) is 39.6 Å². The van der Waals surface area contributed by atoms with Gasteiger partial charge in [-0.05, 0) is 33.4 Å². The highest BCUT2D eigenvalue weighted by Crippen LogP contribution is 2.36. The Kier molecular flexibility index (Phi) is 18.0. The average Bonchev–Trinajstić information content (AvgIpc) is 3.37. The number of methoxy groups -OCH3 is 1. The van der Waals surface area contributed by atoms with Crippen molar-refractivity contribution in [3.8, 4) is 0 Å². The van der Waals surface area contributed by atoms with Crippen molar-refractivity contribution >= 4 is 0 Å². The molecule has 0 radical (unpaired) electrons. The van der Waals surface area contributed by atoms with E-state index < -0.39 is 61.4 Å². The monoisotopic (exact) mass is 896 g/mol. The van der Waals surface area contributed by atoms with Gasteiger partial charge in [0.25, 0.3) is 0 Å². The number of hydrogen-bond acceptors (Lipinski definition) is 11. The van der Waals surface area contributed by atoms with Crippen molar-refractivity contribution in [2.75, 3.05) is 20.3 Å². The van der Waals surface area contributed by atoms with E-state index in [0.29, 0.717) is 13.2 Å². The second-order valence-corrected chi connectivity index (χ2v) is 16.5. The second-order valence-electron chi connectivity index (χ2n) is 16.5. The Hall–Kier alpha value is -5.12. The van der Waals surface area contributed by atoms with Crippen molar-refractivity contribution in [2.45, 2.75) is 101 Å². The zero-order valence-electron chi connectivity index (χ0n) is 37.3. The summed E-state index contributed by atoms with van der Waals surface area (Å²) in [6, 6.07) is 59.4. The molecule has 2 aliphatic heterocycles. The number of rotatable bonds is 23. The summed E-state index contributed by atoms with van der Waals surface area (Å²) in [7, 11) is 1.59. The highest BCUT2D eigenvalue weighted by atomic mass is 16.8. The first-order valence-corrected chi connectivity index (χ1v) is 22.6. The Morgan fingerprint density at radius 1 is 0.364 bits per heavy atom. The highest BCUT2D eigenvalue weighted by Gasteiger charge is 2.54. The zero-order valence-corrected chi connectivity index (χ0v) is 37.3. The molecule has 11 heteroatoms. The van der Waals surface area contributed by atoms with Crippen molar-refractivity contribution < 1.29 is 52.5 Å². The number of benzene rings is 6. The van der Waals surface area contributed by atoms with Gasteiger partial charge in [-0.25, -0.2) is 0 Å². The van der Waals surface area contributed by atoms with Gasteiger partial charge in [-0.2, -0.15) is 0 Å². The van der Waals surface area contributed by atoms with E-state index in [9.17, 15) is 5.11 Å². The van der Waals surface area contributed by atoms with Crippen LogP contribution in [0.15, 0.2) is 182 Å². The van der Waals surface area contributed by atoms with Crippen LogP contribution in [-0.2, 0) is 87.0 Å². The molecule has 6 aromatic carbocycles. The lowest BCUT2D eigenvalue weighted by Crippen LogP contribution is -2.66. The van der Waals surface area contributed by atoms with E-state index in [1.807, 2.05) is 182 Å². The van der Waals surface area contributed by atoms with Crippen LogP contribution in [0.25, 0.3) is 0 Å². The number of ether oxygens (including phenoxy) is 10. The molecule has 0 aliphatic carbocycles. The molecule has 0 unspecified atom stereocenters. The Morgan fingerprint density at radius 3 is 1.08 bits per heavy atom. The molecule has 0 bridgehead atoms. The van der Waals surface area contributed by atoms with Gasteiger partial charge in [-0.3, -0.25) is 0 Å². The molecular formula is C55H60O11. The molecule has 10 atom stereocenters. The van der Waals surface area contributed by atoms with Crippen molar-refractivity contribution in [2.24, 2.45) is 0 Å². The summed E-state index contributed by atoms with van der Waals surface area (Å²) in [6.45, 7) is 1.68. The van der Waals surface area contributed by atoms with Crippen LogP contribution in [0, 0.1) is 0 Å². The van der Waals surface area contributed by atoms with Crippen LogP contribution in [0.3, 0.4) is 0 Å². The molecule has 0 saturated carbocycles. The lowest BCUT2D eigenvalue weighted by Gasteiger charge is -2.49. The lowest BCUT2D eigenvalue weighted by atomic mass is 9.96. The maximum absolute atomic E-state index is 12.2. The summed E-state index contributed by atoms with van der Waals surface area (Å²) in [4.78, 5) is 0. The van der Waals surface area contributed by atoms with Gasteiger partial charge in [0.2, 0.25) is 0 Å². The molecule has 11 nitrogen and oxygen atoms in total. The molecule has 6 aromatic rings. The van der Waals surface area contributed by atoms with Gasteiger partial charge >= 0.3 is 0 Å². The predicted molar refractivity (Wildman–Crippen MR) is 247 cm³/mol.